The summed E-state index contributed by atoms with van der Waals surface area (Å²) < 4.78 is 11.2. The molecule has 0 heterocycles. The molecule has 0 aliphatic rings. The number of aliphatic carboxylic acids is 1. The predicted molar refractivity (Wildman–Crippen MR) is 122 cm³/mol. The van der Waals surface area contributed by atoms with Crippen LogP contribution in [0.3, 0.4) is 0 Å². The lowest BCUT2D eigenvalue weighted by molar-refractivity contribution is -0.153. The van der Waals surface area contributed by atoms with Crippen molar-refractivity contribution in [3.63, 3.8) is 0 Å². The smallest absolute Gasteiger partial charge is 0.333 e. The highest BCUT2D eigenvalue weighted by Crippen LogP contribution is 2.22. The highest BCUT2D eigenvalue weighted by molar-refractivity contribution is 5.72. The first-order chi connectivity index (χ1) is 15.0. The molecule has 3 aromatic carbocycles. The first-order valence-electron chi connectivity index (χ1n) is 10.3. The summed E-state index contributed by atoms with van der Waals surface area (Å²) in [6.45, 7) is 3.92. The second-order valence-electron chi connectivity index (χ2n) is 7.40. The lowest BCUT2D eigenvalue weighted by atomic mass is 10.0. The average molecular weight is 415 g/mol. The van der Waals surface area contributed by atoms with Crippen LogP contribution in [0.25, 0.3) is 11.1 Å². The second kappa shape index (κ2) is 11.0. The van der Waals surface area contributed by atoms with E-state index in [2.05, 4.69) is 24.0 Å². The standard InChI is InChI=1S/C27H26O4/c1-20(2)31-26(27(28)29)19-22-9-6-8-21(18-22)10-7-17-30-25-15-13-24(14-16-25)23-11-4-3-5-12-23/h3-6,8-9,11-16,18,20,26H,17,19H2,1-2H3,(H,28,29). The fourth-order valence-electron chi connectivity index (χ4n) is 3.14. The Bertz CT molecular complexity index is 1040. The zero-order valence-corrected chi connectivity index (χ0v) is 17.7. The number of carboxylic acids is 1. The molecular formula is C27H26O4. The molecule has 0 amide bonds. The Hall–Kier alpha value is -3.55. The minimum absolute atomic E-state index is 0.150. The molecule has 158 valence electrons. The molecule has 1 unspecified atom stereocenters. The van der Waals surface area contributed by atoms with Crippen LogP contribution in [0, 0.1) is 11.8 Å². The Morgan fingerprint density at radius 3 is 2.32 bits per heavy atom. The van der Waals surface area contributed by atoms with Crippen LogP contribution in [0.15, 0.2) is 78.9 Å². The van der Waals surface area contributed by atoms with E-state index in [1.807, 2.05) is 80.6 Å². The first-order valence-corrected chi connectivity index (χ1v) is 10.3. The summed E-state index contributed by atoms with van der Waals surface area (Å²) in [5.41, 5.74) is 3.99. The molecule has 0 aliphatic heterocycles. The molecule has 4 heteroatoms. The quantitative estimate of drug-likeness (QED) is 0.515. The fourth-order valence-corrected chi connectivity index (χ4v) is 3.14. The molecule has 0 spiro atoms. The maximum atomic E-state index is 11.4. The average Bonchev–Trinajstić information content (AvgIpc) is 2.77. The van der Waals surface area contributed by atoms with Crippen molar-refractivity contribution >= 4 is 5.97 Å². The third kappa shape index (κ3) is 7.02. The van der Waals surface area contributed by atoms with Gasteiger partial charge in [0.1, 0.15) is 12.4 Å². The van der Waals surface area contributed by atoms with Gasteiger partial charge in [0, 0.05) is 12.0 Å². The van der Waals surface area contributed by atoms with Gasteiger partial charge < -0.3 is 14.6 Å². The topological polar surface area (TPSA) is 55.8 Å². The molecule has 3 aromatic rings. The van der Waals surface area contributed by atoms with Gasteiger partial charge in [-0.3, -0.25) is 0 Å². The Morgan fingerprint density at radius 2 is 1.65 bits per heavy atom. The first kappa shape index (κ1) is 22.1. The molecule has 1 atom stereocenters. The Kier molecular flexibility index (Phi) is 7.86. The number of hydrogen-bond acceptors (Lipinski definition) is 3. The molecule has 0 aliphatic carbocycles. The number of rotatable bonds is 8. The van der Waals surface area contributed by atoms with Crippen molar-refractivity contribution in [2.45, 2.75) is 32.5 Å². The summed E-state index contributed by atoms with van der Waals surface area (Å²) >= 11 is 0. The molecule has 4 nitrogen and oxygen atoms in total. The van der Waals surface area contributed by atoms with E-state index in [-0.39, 0.29) is 12.7 Å². The van der Waals surface area contributed by atoms with Gasteiger partial charge in [0.05, 0.1) is 6.10 Å². The zero-order chi connectivity index (χ0) is 22.1. The van der Waals surface area contributed by atoms with Gasteiger partial charge in [-0.25, -0.2) is 4.79 Å². The summed E-state index contributed by atoms with van der Waals surface area (Å²) in [6.07, 6.45) is -0.721. The van der Waals surface area contributed by atoms with Crippen LogP contribution in [-0.2, 0) is 16.0 Å². The Morgan fingerprint density at radius 1 is 0.935 bits per heavy atom. The van der Waals surface area contributed by atoms with Crippen LogP contribution in [0.4, 0.5) is 0 Å². The van der Waals surface area contributed by atoms with Crippen molar-refractivity contribution < 1.29 is 19.4 Å². The van der Waals surface area contributed by atoms with E-state index < -0.39 is 12.1 Å². The molecule has 0 bridgehead atoms. The van der Waals surface area contributed by atoms with Gasteiger partial charge in [-0.15, -0.1) is 0 Å². The molecule has 0 saturated heterocycles. The summed E-state index contributed by atoms with van der Waals surface area (Å²) in [6, 6.07) is 25.6. The maximum absolute atomic E-state index is 11.4. The molecule has 0 saturated carbocycles. The lowest BCUT2D eigenvalue weighted by Gasteiger charge is -2.16. The van der Waals surface area contributed by atoms with Gasteiger partial charge in [-0.05, 0) is 54.8 Å². The molecule has 31 heavy (non-hydrogen) atoms. The van der Waals surface area contributed by atoms with Gasteiger partial charge in [0.15, 0.2) is 6.10 Å². The largest absolute Gasteiger partial charge is 0.481 e. The minimum atomic E-state index is -0.961. The van der Waals surface area contributed by atoms with Gasteiger partial charge in [-0.2, -0.15) is 0 Å². The van der Waals surface area contributed by atoms with E-state index in [1.165, 1.54) is 0 Å². The second-order valence-corrected chi connectivity index (χ2v) is 7.40. The summed E-state index contributed by atoms with van der Waals surface area (Å²) in [5, 5.41) is 9.35. The van der Waals surface area contributed by atoms with Crippen LogP contribution in [-0.4, -0.2) is 29.9 Å². The lowest BCUT2D eigenvalue weighted by Crippen LogP contribution is -2.29. The SMILES string of the molecule is CC(C)OC(Cc1cccc(C#CCOc2ccc(-c3ccccc3)cc2)c1)C(=O)O. The van der Waals surface area contributed by atoms with Crippen LogP contribution >= 0.6 is 0 Å². The minimum Gasteiger partial charge on any atom is -0.481 e. The van der Waals surface area contributed by atoms with Crippen LogP contribution in [0.1, 0.15) is 25.0 Å². The van der Waals surface area contributed by atoms with Crippen LogP contribution in [0.2, 0.25) is 0 Å². The van der Waals surface area contributed by atoms with Gasteiger partial charge in [0.25, 0.3) is 0 Å². The highest BCUT2D eigenvalue weighted by Gasteiger charge is 2.20. The number of ether oxygens (including phenoxy) is 2. The van der Waals surface area contributed by atoms with Crippen LogP contribution < -0.4 is 4.74 Å². The number of hydrogen-bond donors (Lipinski definition) is 1. The normalized spacial score (nSPS) is 11.5. The van der Waals surface area contributed by atoms with Crippen molar-refractivity contribution in [3.05, 3.63) is 90.0 Å². The predicted octanol–water partition coefficient (Wildman–Crippen LogP) is 5.20. The van der Waals surface area contributed by atoms with E-state index in [9.17, 15) is 9.90 Å². The van der Waals surface area contributed by atoms with Crippen molar-refractivity contribution in [3.8, 4) is 28.7 Å². The van der Waals surface area contributed by atoms with E-state index in [1.54, 1.807) is 0 Å². The summed E-state index contributed by atoms with van der Waals surface area (Å²) in [7, 11) is 0. The van der Waals surface area contributed by atoms with Crippen molar-refractivity contribution in [1.82, 2.24) is 0 Å². The molecule has 3 rings (SSSR count). The van der Waals surface area contributed by atoms with Crippen molar-refractivity contribution in [2.75, 3.05) is 6.61 Å². The maximum Gasteiger partial charge on any atom is 0.333 e. The molecular weight excluding hydrogens is 388 g/mol. The molecule has 0 fully saturated rings. The third-order valence-corrected chi connectivity index (χ3v) is 4.57. The van der Waals surface area contributed by atoms with E-state index in [4.69, 9.17) is 9.47 Å². The van der Waals surface area contributed by atoms with E-state index in [0.29, 0.717) is 6.42 Å². The van der Waals surface area contributed by atoms with Gasteiger partial charge >= 0.3 is 5.97 Å². The Labute approximate surface area is 183 Å². The third-order valence-electron chi connectivity index (χ3n) is 4.57. The fraction of sp³-hybridized carbons (Fsp3) is 0.222. The van der Waals surface area contributed by atoms with E-state index >= 15 is 0 Å². The number of carboxylic acid groups (broad SMARTS) is 1. The summed E-state index contributed by atoms with van der Waals surface area (Å²) in [4.78, 5) is 11.4. The molecule has 0 aromatic heterocycles. The number of benzene rings is 3. The monoisotopic (exact) mass is 414 g/mol. The number of carbonyl (C=O) groups is 1. The molecule has 0 radical (unpaired) electrons. The highest BCUT2D eigenvalue weighted by atomic mass is 16.5. The van der Waals surface area contributed by atoms with E-state index in [0.717, 1.165) is 28.0 Å². The van der Waals surface area contributed by atoms with Gasteiger partial charge in [0.2, 0.25) is 0 Å². The van der Waals surface area contributed by atoms with Crippen molar-refractivity contribution in [2.24, 2.45) is 0 Å². The Balaban J connectivity index is 1.56. The van der Waals surface area contributed by atoms with Crippen LogP contribution in [0.5, 0.6) is 5.75 Å². The summed E-state index contributed by atoms with van der Waals surface area (Å²) in [5.74, 6) is 5.89. The zero-order valence-electron chi connectivity index (χ0n) is 17.7. The van der Waals surface area contributed by atoms with Crippen molar-refractivity contribution in [1.29, 1.82) is 0 Å². The molecule has 1 N–H and O–H groups in total. The van der Waals surface area contributed by atoms with Gasteiger partial charge in [-0.1, -0.05) is 66.4 Å².